The van der Waals surface area contributed by atoms with E-state index < -0.39 is 31.6 Å². The number of hydrazone groups is 1. The molecule has 11 heteroatoms. The Kier molecular flexibility index (Phi) is 8.90. The molecule has 0 bridgehead atoms. The summed E-state index contributed by atoms with van der Waals surface area (Å²) >= 11 is 0. The van der Waals surface area contributed by atoms with Gasteiger partial charge < -0.3 is 23.8 Å². The molecule has 0 unspecified atom stereocenters. The van der Waals surface area contributed by atoms with Gasteiger partial charge in [-0.05, 0) is 42.4 Å². The van der Waals surface area contributed by atoms with Crippen molar-refractivity contribution in [2.24, 2.45) is 11.0 Å². The average molecular weight is 657 g/mol. The minimum atomic E-state index is -3.52. The van der Waals surface area contributed by atoms with E-state index in [1.165, 1.54) is 9.91 Å². The molecule has 246 valence electrons. The van der Waals surface area contributed by atoms with Gasteiger partial charge >= 0.3 is 0 Å². The largest absolute Gasteiger partial charge is 0.395 e. The second-order valence-electron chi connectivity index (χ2n) is 13.2. The van der Waals surface area contributed by atoms with Crippen molar-refractivity contribution in [2.75, 3.05) is 30.1 Å². The van der Waals surface area contributed by atoms with E-state index in [2.05, 4.69) is 0 Å². The van der Waals surface area contributed by atoms with E-state index in [0.717, 1.165) is 16.8 Å². The molecule has 3 heterocycles. The number of benzene rings is 3. The molecule has 6 rings (SSSR count). The Balaban J connectivity index is 1.36. The molecule has 1 fully saturated rings. The van der Waals surface area contributed by atoms with E-state index in [0.29, 0.717) is 23.4 Å². The molecule has 1 saturated heterocycles. The van der Waals surface area contributed by atoms with Crippen LogP contribution in [0.3, 0.4) is 0 Å². The monoisotopic (exact) mass is 656 g/mol. The van der Waals surface area contributed by atoms with E-state index >= 15 is 4.11 Å². The first kappa shape index (κ1) is 32.7. The summed E-state index contributed by atoms with van der Waals surface area (Å²) < 4.78 is 23.0. The summed E-state index contributed by atoms with van der Waals surface area (Å²) in [6, 6.07) is 24.5. The predicted octanol–water partition coefficient (Wildman–Crippen LogP) is 5.38. The van der Waals surface area contributed by atoms with Gasteiger partial charge in [0.05, 0.1) is 36.2 Å². The van der Waals surface area contributed by atoms with Crippen LogP contribution < -0.4 is 9.91 Å². The van der Waals surface area contributed by atoms with Crippen molar-refractivity contribution in [1.29, 1.82) is 0 Å². The van der Waals surface area contributed by atoms with Gasteiger partial charge in [-0.25, -0.2) is 5.01 Å². The zero-order valence-electron chi connectivity index (χ0n) is 27.2. The second-order valence-corrected chi connectivity index (χ2v) is 17.0. The number of aliphatic hydroxyl groups is 1. The number of rotatable bonds is 9. The highest BCUT2D eigenvalue weighted by Crippen LogP contribution is 2.60. The number of carbonyl (C=O) groups is 3. The van der Waals surface area contributed by atoms with Gasteiger partial charge in [0.25, 0.3) is 5.91 Å². The number of nitrogens with zero attached hydrogens (tertiary/aromatic N) is 4. The van der Waals surface area contributed by atoms with Crippen LogP contribution in [0.1, 0.15) is 42.9 Å². The minimum Gasteiger partial charge on any atom is -0.395 e. The van der Waals surface area contributed by atoms with Crippen LogP contribution in [-0.2, 0) is 31.3 Å². The van der Waals surface area contributed by atoms with Crippen LogP contribution in [0.5, 0.6) is 0 Å². The fourth-order valence-corrected chi connectivity index (χ4v) is 10.1. The summed E-state index contributed by atoms with van der Waals surface area (Å²) in [7, 11) is -1.85. The van der Waals surface area contributed by atoms with Gasteiger partial charge in [-0.3, -0.25) is 14.4 Å². The van der Waals surface area contributed by atoms with Crippen molar-refractivity contribution >= 4 is 43.2 Å². The van der Waals surface area contributed by atoms with Crippen LogP contribution >= 0.6 is 0 Å². The number of hydrogen-bond donors (Lipinski definition) is 1. The fraction of sp³-hybridized carbons (Fsp3) is 0.389. The van der Waals surface area contributed by atoms with E-state index in [1.807, 2.05) is 67.6 Å². The molecule has 0 radical (unpaired) electrons. The first-order chi connectivity index (χ1) is 22.5. The molecule has 47 heavy (non-hydrogen) atoms. The molecule has 3 aromatic carbocycles. The molecule has 0 aliphatic carbocycles. The first-order valence-electron chi connectivity index (χ1n) is 16.1. The summed E-state index contributed by atoms with van der Waals surface area (Å²) in [6.07, 6.45) is -0.206. The molecular formula is C36H41FN4O5Si. The molecule has 0 aromatic heterocycles. The van der Waals surface area contributed by atoms with Crippen LogP contribution in [0.4, 0.5) is 15.5 Å². The highest BCUT2D eigenvalue weighted by atomic mass is 28.4. The van der Waals surface area contributed by atoms with Gasteiger partial charge in [0.1, 0.15) is 0 Å². The smallest absolute Gasteiger partial charge is 0.264 e. The lowest BCUT2D eigenvalue weighted by Gasteiger charge is -2.31. The number of likely N-dealkylation sites (N-methyl/N-ethyl adjacent to an activating group) is 1. The quantitative estimate of drug-likeness (QED) is 0.246. The molecule has 1 N–H and O–H groups in total. The zero-order chi connectivity index (χ0) is 33.5. The van der Waals surface area contributed by atoms with Crippen molar-refractivity contribution in [3.63, 3.8) is 0 Å². The van der Waals surface area contributed by atoms with Crippen molar-refractivity contribution in [2.45, 2.75) is 63.1 Å². The molecular weight excluding hydrogens is 616 g/mol. The number of hydrogen-bond acceptors (Lipinski definition) is 6. The number of aliphatic hydroxyl groups excluding tert-OH is 1. The maximum absolute atomic E-state index is 16.3. The van der Waals surface area contributed by atoms with Crippen LogP contribution in [0.25, 0.3) is 0 Å². The average Bonchev–Trinajstić information content (AvgIpc) is 3.47. The number of anilines is 2. The molecule has 9 nitrogen and oxygen atoms in total. The maximum atomic E-state index is 16.3. The summed E-state index contributed by atoms with van der Waals surface area (Å²) in [5.41, 5.74) is 2.04. The lowest BCUT2D eigenvalue weighted by atomic mass is 9.82. The van der Waals surface area contributed by atoms with Gasteiger partial charge in [0, 0.05) is 50.0 Å². The molecule has 3 aliphatic rings. The molecule has 3 amide bonds. The first-order valence-corrected chi connectivity index (χ1v) is 19.1. The van der Waals surface area contributed by atoms with Gasteiger partial charge in [0.2, 0.25) is 20.2 Å². The van der Waals surface area contributed by atoms with Crippen molar-refractivity contribution < 1.29 is 28.3 Å². The van der Waals surface area contributed by atoms with Crippen molar-refractivity contribution in [1.82, 2.24) is 4.90 Å². The molecule has 0 saturated carbocycles. The topological polar surface area (TPSA) is 103 Å². The Morgan fingerprint density at radius 3 is 2.40 bits per heavy atom. The van der Waals surface area contributed by atoms with Crippen molar-refractivity contribution in [3.05, 3.63) is 95.6 Å². The van der Waals surface area contributed by atoms with Gasteiger partial charge in [-0.2, -0.15) is 5.10 Å². The van der Waals surface area contributed by atoms with E-state index in [9.17, 15) is 19.5 Å². The summed E-state index contributed by atoms with van der Waals surface area (Å²) in [5.74, 6) is -1.38. The Labute approximate surface area is 275 Å². The summed E-state index contributed by atoms with van der Waals surface area (Å²) in [6.45, 7) is 5.21. The lowest BCUT2D eigenvalue weighted by Crippen LogP contribution is -2.44. The molecule has 1 spiro atoms. The maximum Gasteiger partial charge on any atom is 0.264 e. The molecule has 3 aliphatic heterocycles. The Bertz CT molecular complexity index is 1700. The number of carbonyl (C=O) groups excluding carboxylic acids is 3. The van der Waals surface area contributed by atoms with Crippen molar-refractivity contribution in [3.8, 4) is 0 Å². The third-order valence-electron chi connectivity index (χ3n) is 9.77. The molecule has 3 aromatic rings. The van der Waals surface area contributed by atoms with Gasteiger partial charge in [-0.1, -0.05) is 67.6 Å². The Morgan fingerprint density at radius 2 is 1.74 bits per heavy atom. The standard InChI is InChI=1S/C36H41FN4O5Si/c1-24-34(47(3,4)37)31(22-33(44)40(19-20-42)23-25-11-7-5-8-12-25)46-36(24)28-21-27(15-17-30(28)39(2)35(36)45)41-32(43)18-16-29(38-41)26-13-9-6-10-14-26/h5-15,17,21,24,31,34,42H,16,18-20,22-23H2,1-4H3/t24-,31+,34-,36+/m0/s1. The highest BCUT2D eigenvalue weighted by molar-refractivity contribution is 6.72. The van der Waals surface area contributed by atoms with Crippen LogP contribution in [0.15, 0.2) is 84.0 Å². The second kappa shape index (κ2) is 12.8. The Morgan fingerprint density at radius 1 is 1.06 bits per heavy atom. The zero-order valence-corrected chi connectivity index (χ0v) is 28.2. The van der Waals surface area contributed by atoms with E-state index in [1.54, 1.807) is 43.2 Å². The van der Waals surface area contributed by atoms with Crippen LogP contribution in [0.2, 0.25) is 18.6 Å². The summed E-state index contributed by atoms with van der Waals surface area (Å²) in [5, 5.41) is 15.9. The normalized spacial score (nSPS) is 24.1. The fourth-order valence-electron chi connectivity index (χ4n) is 7.58. The third-order valence-corrected chi connectivity index (χ3v) is 12.2. The van der Waals surface area contributed by atoms with E-state index in [-0.39, 0.29) is 50.3 Å². The predicted molar refractivity (Wildman–Crippen MR) is 181 cm³/mol. The highest BCUT2D eigenvalue weighted by Gasteiger charge is 2.66. The number of fused-ring (bicyclic) bond motifs is 2. The van der Waals surface area contributed by atoms with Crippen LogP contribution in [0, 0.1) is 5.92 Å². The minimum absolute atomic E-state index is 0.117. The number of halogens is 1. The van der Waals surface area contributed by atoms with Crippen LogP contribution in [-0.4, -0.2) is 68.2 Å². The van der Waals surface area contributed by atoms with Gasteiger partial charge in [0.15, 0.2) is 5.60 Å². The third kappa shape index (κ3) is 5.92. The SMILES string of the molecule is C[C@H]1[C@H]([Si](C)(C)F)[C@@H](CC(=O)N(CCO)Cc2ccccc2)O[C@]12C(=O)N(C)c1ccc(N3N=C(c4ccccc4)CCC3=O)cc12. The number of ether oxygens (including phenoxy) is 1. The Hall–Kier alpha value is -4.19. The van der Waals surface area contributed by atoms with Gasteiger partial charge in [-0.15, -0.1) is 0 Å². The lowest BCUT2D eigenvalue weighted by molar-refractivity contribution is -0.149. The van der Waals surface area contributed by atoms with E-state index in [4.69, 9.17) is 9.84 Å². The number of amides is 3. The molecule has 4 atom stereocenters. The summed E-state index contributed by atoms with van der Waals surface area (Å²) in [4.78, 5) is 44.3.